The second-order valence-electron chi connectivity index (χ2n) is 9.32. The molecular weight excluding hydrogens is 480 g/mol. The number of benzene rings is 3. The van der Waals surface area contributed by atoms with Crippen molar-refractivity contribution in [2.24, 2.45) is 0 Å². The standard InChI is InChI=1S/C31H32N2O5/c1-3-37-29(35)16-15-28(34)33-18-17-25-26-19-24(36-2)13-14-27(26)32-30(25)31(33)22-9-11-23(12-10-22)38-20-21-7-5-4-6-8-21/h4-14,19,31-32H,3,15-18,20H2,1-2H3/t31-/m1/s1. The molecule has 0 fully saturated rings. The van der Waals surface area contributed by atoms with E-state index in [1.807, 2.05) is 77.7 Å². The minimum absolute atomic E-state index is 0.0684. The van der Waals surface area contributed by atoms with Crippen molar-refractivity contribution in [2.45, 2.75) is 38.8 Å². The van der Waals surface area contributed by atoms with Crippen molar-refractivity contribution in [3.63, 3.8) is 0 Å². The molecule has 38 heavy (non-hydrogen) atoms. The number of nitrogens with one attached hydrogen (secondary N) is 1. The Morgan fingerprint density at radius 2 is 1.74 bits per heavy atom. The van der Waals surface area contributed by atoms with Crippen LogP contribution in [0.5, 0.6) is 11.5 Å². The van der Waals surface area contributed by atoms with Crippen molar-refractivity contribution in [1.29, 1.82) is 0 Å². The smallest absolute Gasteiger partial charge is 0.306 e. The molecule has 3 aromatic carbocycles. The van der Waals surface area contributed by atoms with Gasteiger partial charge in [-0.3, -0.25) is 9.59 Å². The molecule has 0 saturated heterocycles. The van der Waals surface area contributed by atoms with E-state index in [-0.39, 0.29) is 30.8 Å². The Balaban J connectivity index is 1.44. The summed E-state index contributed by atoms with van der Waals surface area (Å²) in [6, 6.07) is 23.6. The molecule has 0 saturated carbocycles. The zero-order valence-corrected chi connectivity index (χ0v) is 21.7. The van der Waals surface area contributed by atoms with Crippen LogP contribution in [0, 0.1) is 0 Å². The van der Waals surface area contributed by atoms with E-state index in [1.165, 1.54) is 5.56 Å². The number of H-pyrrole nitrogens is 1. The van der Waals surface area contributed by atoms with Gasteiger partial charge in [0.1, 0.15) is 18.1 Å². The first-order valence-electron chi connectivity index (χ1n) is 13.0. The van der Waals surface area contributed by atoms with Gasteiger partial charge in [-0.15, -0.1) is 0 Å². The Morgan fingerprint density at radius 1 is 0.974 bits per heavy atom. The Bertz CT molecular complexity index is 1410. The highest BCUT2D eigenvalue weighted by Crippen LogP contribution is 2.40. The van der Waals surface area contributed by atoms with Crippen LogP contribution in [0.2, 0.25) is 0 Å². The largest absolute Gasteiger partial charge is 0.497 e. The maximum absolute atomic E-state index is 13.4. The van der Waals surface area contributed by atoms with Crippen LogP contribution in [0.4, 0.5) is 0 Å². The van der Waals surface area contributed by atoms with Gasteiger partial charge in [0.15, 0.2) is 0 Å². The number of aromatic nitrogens is 1. The van der Waals surface area contributed by atoms with Crippen molar-refractivity contribution in [3.8, 4) is 11.5 Å². The average Bonchev–Trinajstić information content (AvgIpc) is 3.33. The number of nitrogens with zero attached hydrogens (tertiary/aromatic N) is 1. The van der Waals surface area contributed by atoms with Crippen LogP contribution in [-0.4, -0.2) is 42.0 Å². The Hall–Kier alpha value is -4.26. The number of methoxy groups -OCH3 is 1. The third-order valence-electron chi connectivity index (χ3n) is 6.95. The molecule has 0 bridgehead atoms. The molecule has 1 atom stereocenters. The molecule has 7 heteroatoms. The van der Waals surface area contributed by atoms with Gasteiger partial charge in [-0.25, -0.2) is 0 Å². The van der Waals surface area contributed by atoms with Gasteiger partial charge in [-0.2, -0.15) is 0 Å². The summed E-state index contributed by atoms with van der Waals surface area (Å²) in [6.45, 7) is 3.10. The number of carbonyl (C=O) groups is 2. The Morgan fingerprint density at radius 3 is 2.47 bits per heavy atom. The van der Waals surface area contributed by atoms with Crippen LogP contribution in [-0.2, 0) is 27.4 Å². The molecular formula is C31H32N2O5. The molecule has 0 spiro atoms. The summed E-state index contributed by atoms with van der Waals surface area (Å²) in [5.41, 5.74) is 5.25. The number of rotatable bonds is 9. The van der Waals surface area contributed by atoms with Gasteiger partial charge in [0, 0.05) is 29.6 Å². The van der Waals surface area contributed by atoms with Crippen LogP contribution in [0.15, 0.2) is 72.8 Å². The maximum Gasteiger partial charge on any atom is 0.306 e. The van der Waals surface area contributed by atoms with Gasteiger partial charge >= 0.3 is 5.97 Å². The normalized spacial score (nSPS) is 14.7. The lowest BCUT2D eigenvalue weighted by Gasteiger charge is -2.36. The zero-order valence-electron chi connectivity index (χ0n) is 21.7. The maximum atomic E-state index is 13.4. The monoisotopic (exact) mass is 512 g/mol. The van der Waals surface area contributed by atoms with E-state index in [9.17, 15) is 9.59 Å². The summed E-state index contributed by atoms with van der Waals surface area (Å²) in [5.74, 6) is 1.13. The van der Waals surface area contributed by atoms with Crippen LogP contribution in [0.25, 0.3) is 10.9 Å². The van der Waals surface area contributed by atoms with Gasteiger partial charge in [0.2, 0.25) is 5.91 Å². The predicted octanol–water partition coefficient (Wildman–Crippen LogP) is 5.57. The first-order chi connectivity index (χ1) is 18.6. The highest BCUT2D eigenvalue weighted by Gasteiger charge is 2.34. The van der Waals surface area contributed by atoms with Crippen LogP contribution in [0.3, 0.4) is 0 Å². The molecule has 0 radical (unpaired) electrons. The number of aromatic amines is 1. The third-order valence-corrected chi connectivity index (χ3v) is 6.95. The van der Waals surface area contributed by atoms with Crippen molar-refractivity contribution in [1.82, 2.24) is 9.88 Å². The molecule has 7 nitrogen and oxygen atoms in total. The number of ether oxygens (including phenoxy) is 3. The number of amides is 1. The van der Waals surface area contributed by atoms with E-state index >= 15 is 0 Å². The summed E-state index contributed by atoms with van der Waals surface area (Å²) in [7, 11) is 1.66. The van der Waals surface area contributed by atoms with Crippen LogP contribution in [0.1, 0.15) is 48.2 Å². The van der Waals surface area contributed by atoms with E-state index in [0.29, 0.717) is 26.2 Å². The lowest BCUT2D eigenvalue weighted by Crippen LogP contribution is -2.40. The molecule has 4 aromatic rings. The lowest BCUT2D eigenvalue weighted by molar-refractivity contribution is -0.146. The number of hydrogen-bond acceptors (Lipinski definition) is 5. The van der Waals surface area contributed by atoms with Crippen molar-refractivity contribution >= 4 is 22.8 Å². The molecule has 1 amide bonds. The summed E-state index contributed by atoms with van der Waals surface area (Å²) in [5, 5.41) is 1.10. The summed E-state index contributed by atoms with van der Waals surface area (Å²) >= 11 is 0. The highest BCUT2D eigenvalue weighted by atomic mass is 16.5. The SMILES string of the molecule is CCOC(=O)CCC(=O)N1CCc2c([nH]c3ccc(OC)cc23)[C@H]1c1ccc(OCc2ccccc2)cc1. The summed E-state index contributed by atoms with van der Waals surface area (Å²) in [4.78, 5) is 30.8. The van der Waals surface area contributed by atoms with Crippen LogP contribution < -0.4 is 9.47 Å². The summed E-state index contributed by atoms with van der Waals surface area (Å²) in [6.07, 6.45) is 0.887. The van der Waals surface area contributed by atoms with Gasteiger partial charge in [-0.05, 0) is 60.4 Å². The summed E-state index contributed by atoms with van der Waals surface area (Å²) < 4.78 is 16.5. The number of esters is 1. The van der Waals surface area contributed by atoms with Gasteiger partial charge < -0.3 is 24.1 Å². The van der Waals surface area contributed by atoms with E-state index in [2.05, 4.69) is 4.98 Å². The highest BCUT2D eigenvalue weighted by molar-refractivity contribution is 5.88. The fourth-order valence-electron chi connectivity index (χ4n) is 5.08. The molecule has 5 rings (SSSR count). The molecule has 1 aliphatic heterocycles. The molecule has 1 aromatic heterocycles. The van der Waals surface area contributed by atoms with Gasteiger partial charge in [0.25, 0.3) is 0 Å². The van der Waals surface area contributed by atoms with Crippen molar-refractivity contribution in [2.75, 3.05) is 20.3 Å². The van der Waals surface area contributed by atoms with Gasteiger partial charge in [0.05, 0.1) is 26.2 Å². The molecule has 1 aliphatic rings. The predicted molar refractivity (Wildman–Crippen MR) is 145 cm³/mol. The Kier molecular flexibility index (Phi) is 7.63. The molecule has 0 unspecified atom stereocenters. The van der Waals surface area contributed by atoms with E-state index in [1.54, 1.807) is 14.0 Å². The second kappa shape index (κ2) is 11.4. The fraction of sp³-hybridized carbons (Fsp3) is 0.290. The quantitative estimate of drug-likeness (QED) is 0.297. The second-order valence-corrected chi connectivity index (χ2v) is 9.32. The first-order valence-corrected chi connectivity index (χ1v) is 13.0. The number of hydrogen-bond donors (Lipinski definition) is 1. The minimum atomic E-state index is -0.354. The molecule has 2 heterocycles. The Labute approximate surface area is 222 Å². The van der Waals surface area contributed by atoms with Crippen molar-refractivity contribution < 1.29 is 23.8 Å². The topological polar surface area (TPSA) is 80.9 Å². The molecule has 196 valence electrons. The van der Waals surface area contributed by atoms with Gasteiger partial charge in [-0.1, -0.05) is 42.5 Å². The fourth-order valence-corrected chi connectivity index (χ4v) is 5.08. The van der Waals surface area contributed by atoms with Crippen molar-refractivity contribution in [3.05, 3.63) is 95.2 Å². The first kappa shape index (κ1) is 25.4. The number of fused-ring (bicyclic) bond motifs is 3. The molecule has 0 aliphatic carbocycles. The number of carbonyl (C=O) groups excluding carboxylic acids is 2. The minimum Gasteiger partial charge on any atom is -0.497 e. The van der Waals surface area contributed by atoms with E-state index in [0.717, 1.165) is 39.2 Å². The van der Waals surface area contributed by atoms with E-state index in [4.69, 9.17) is 14.2 Å². The van der Waals surface area contributed by atoms with E-state index < -0.39 is 0 Å². The molecule has 1 N–H and O–H groups in total. The lowest BCUT2D eigenvalue weighted by atomic mass is 9.92. The zero-order chi connectivity index (χ0) is 26.5. The third kappa shape index (κ3) is 5.37. The van der Waals surface area contributed by atoms with Crippen LogP contribution >= 0.6 is 0 Å². The average molecular weight is 513 g/mol.